The van der Waals surface area contributed by atoms with Crippen LogP contribution in [0.3, 0.4) is 0 Å². The molecule has 0 radical (unpaired) electrons. The fraction of sp³-hybridized carbons (Fsp3) is 0.250. The van der Waals surface area contributed by atoms with Gasteiger partial charge in [0.15, 0.2) is 0 Å². The Kier molecular flexibility index (Phi) is 5.05. The van der Waals surface area contributed by atoms with Crippen molar-refractivity contribution >= 4 is 33.1 Å². The first kappa shape index (κ1) is 17.1. The number of amides is 1. The van der Waals surface area contributed by atoms with Gasteiger partial charge in [0.1, 0.15) is 23.9 Å². The van der Waals surface area contributed by atoms with Crippen molar-refractivity contribution in [2.24, 2.45) is 0 Å². The largest absolute Gasteiger partial charge is 0.497 e. The number of rotatable bonds is 6. The second-order valence-corrected chi connectivity index (χ2v) is 6.25. The molecule has 3 rings (SSSR count). The van der Waals surface area contributed by atoms with Crippen molar-refractivity contribution in [1.82, 2.24) is 14.8 Å². The first-order valence-corrected chi connectivity index (χ1v) is 8.20. The predicted molar refractivity (Wildman–Crippen MR) is 94.0 cm³/mol. The highest BCUT2D eigenvalue weighted by Crippen LogP contribution is 2.18. The molecule has 0 unspecified atom stereocenters. The van der Waals surface area contributed by atoms with Crippen molar-refractivity contribution in [2.75, 3.05) is 19.5 Å². The van der Waals surface area contributed by atoms with Crippen LogP contribution >= 0.6 is 11.3 Å². The van der Waals surface area contributed by atoms with Crippen LogP contribution in [0.5, 0.6) is 5.75 Å². The number of hydrogen-bond donors (Lipinski definition) is 1. The van der Waals surface area contributed by atoms with Gasteiger partial charge in [-0.15, -0.1) is 10.2 Å². The van der Waals surface area contributed by atoms with Crippen LogP contribution in [-0.4, -0.2) is 34.9 Å². The van der Waals surface area contributed by atoms with E-state index in [9.17, 15) is 9.59 Å². The topological polar surface area (TPSA) is 95.3 Å². The summed E-state index contributed by atoms with van der Waals surface area (Å²) in [6, 6.07) is 6.95. The van der Waals surface area contributed by atoms with Gasteiger partial charge in [0.25, 0.3) is 5.56 Å². The summed E-state index contributed by atoms with van der Waals surface area (Å²) in [7, 11) is 3.12. The molecule has 2 heterocycles. The van der Waals surface area contributed by atoms with Crippen LogP contribution in [0.15, 0.2) is 35.3 Å². The summed E-state index contributed by atoms with van der Waals surface area (Å²) < 4.78 is 11.5. The summed E-state index contributed by atoms with van der Waals surface area (Å²) in [5.74, 6) is 0.320. The van der Waals surface area contributed by atoms with Crippen molar-refractivity contribution in [3.05, 3.63) is 45.8 Å². The summed E-state index contributed by atoms with van der Waals surface area (Å²) in [4.78, 5) is 24.7. The first-order valence-electron chi connectivity index (χ1n) is 7.39. The zero-order valence-corrected chi connectivity index (χ0v) is 14.5. The number of carbonyl (C=O) groups is 1. The molecule has 0 aliphatic heterocycles. The van der Waals surface area contributed by atoms with Crippen LogP contribution in [0.25, 0.3) is 10.8 Å². The number of nitrogens with one attached hydrogen (secondary N) is 1. The molecule has 0 fully saturated rings. The Bertz CT molecular complexity index is 966. The Labute approximate surface area is 147 Å². The lowest BCUT2D eigenvalue weighted by molar-refractivity contribution is -0.116. The molecule has 0 aliphatic rings. The van der Waals surface area contributed by atoms with E-state index in [0.717, 1.165) is 5.39 Å². The van der Waals surface area contributed by atoms with E-state index < -0.39 is 0 Å². The van der Waals surface area contributed by atoms with E-state index in [1.807, 2.05) is 0 Å². The molecule has 25 heavy (non-hydrogen) atoms. The monoisotopic (exact) mass is 360 g/mol. The molecule has 1 aromatic carbocycles. The van der Waals surface area contributed by atoms with E-state index in [1.54, 1.807) is 44.7 Å². The molecule has 0 bridgehead atoms. The molecule has 3 aromatic rings. The number of carbonyl (C=O) groups excluding carboxylic acids is 1. The number of anilines is 1. The number of nitrogens with zero attached hydrogens (tertiary/aromatic N) is 3. The quantitative estimate of drug-likeness (QED) is 0.718. The minimum absolute atomic E-state index is 0.111. The van der Waals surface area contributed by atoms with Gasteiger partial charge in [-0.1, -0.05) is 11.3 Å². The summed E-state index contributed by atoms with van der Waals surface area (Å²) in [5, 5.41) is 12.7. The Morgan fingerprint density at radius 3 is 2.88 bits per heavy atom. The lowest BCUT2D eigenvalue weighted by Gasteiger charge is -2.07. The third kappa shape index (κ3) is 3.83. The maximum atomic E-state index is 12.5. The molecule has 0 saturated heterocycles. The Hall–Kier alpha value is -2.78. The van der Waals surface area contributed by atoms with Crippen LogP contribution < -0.4 is 15.6 Å². The fourth-order valence-corrected chi connectivity index (χ4v) is 3.05. The van der Waals surface area contributed by atoms with E-state index in [2.05, 4.69) is 15.5 Å². The standard InChI is InChI=1S/C16H16N4O4S/c1-23-9-14-18-19-16(25-14)17-13(21)8-20-6-5-10-7-11(24-2)3-4-12(10)15(20)22/h3-7H,8-9H2,1-2H3,(H,17,19,21). The van der Waals surface area contributed by atoms with E-state index >= 15 is 0 Å². The molecular weight excluding hydrogens is 344 g/mol. The van der Waals surface area contributed by atoms with Crippen LogP contribution in [0.1, 0.15) is 5.01 Å². The highest BCUT2D eigenvalue weighted by Gasteiger charge is 2.11. The third-order valence-electron chi connectivity index (χ3n) is 3.48. The Morgan fingerprint density at radius 1 is 1.28 bits per heavy atom. The van der Waals surface area contributed by atoms with Crippen LogP contribution in [0, 0.1) is 0 Å². The maximum absolute atomic E-state index is 12.5. The second-order valence-electron chi connectivity index (χ2n) is 5.18. The van der Waals surface area contributed by atoms with E-state index in [1.165, 1.54) is 15.9 Å². The van der Waals surface area contributed by atoms with Gasteiger partial charge in [0.05, 0.1) is 7.11 Å². The SMILES string of the molecule is COCc1nnc(NC(=O)Cn2ccc3cc(OC)ccc3c2=O)s1. The second kappa shape index (κ2) is 7.41. The van der Waals surface area contributed by atoms with Gasteiger partial charge in [0.2, 0.25) is 11.0 Å². The first-order chi connectivity index (χ1) is 12.1. The maximum Gasteiger partial charge on any atom is 0.258 e. The van der Waals surface area contributed by atoms with Gasteiger partial charge in [-0.3, -0.25) is 14.9 Å². The summed E-state index contributed by atoms with van der Waals surface area (Å²) >= 11 is 1.23. The summed E-state index contributed by atoms with van der Waals surface area (Å²) in [6.07, 6.45) is 1.58. The van der Waals surface area contributed by atoms with Crippen LogP contribution in [-0.2, 0) is 22.7 Å². The van der Waals surface area contributed by atoms with E-state index in [4.69, 9.17) is 9.47 Å². The van der Waals surface area contributed by atoms with Crippen molar-refractivity contribution in [3.8, 4) is 5.75 Å². The minimum atomic E-state index is -0.352. The summed E-state index contributed by atoms with van der Waals surface area (Å²) in [5.41, 5.74) is -0.243. The molecule has 9 heteroatoms. The van der Waals surface area contributed by atoms with Crippen molar-refractivity contribution in [2.45, 2.75) is 13.2 Å². The van der Waals surface area contributed by atoms with Gasteiger partial charge in [0, 0.05) is 18.7 Å². The number of fused-ring (bicyclic) bond motifs is 1. The minimum Gasteiger partial charge on any atom is -0.497 e. The molecule has 0 atom stereocenters. The van der Waals surface area contributed by atoms with Gasteiger partial charge >= 0.3 is 0 Å². The van der Waals surface area contributed by atoms with Crippen LogP contribution in [0.4, 0.5) is 5.13 Å². The molecule has 8 nitrogen and oxygen atoms in total. The summed E-state index contributed by atoms with van der Waals surface area (Å²) in [6.45, 7) is 0.223. The van der Waals surface area contributed by atoms with Gasteiger partial charge in [-0.05, 0) is 29.7 Å². The van der Waals surface area contributed by atoms with Crippen LogP contribution in [0.2, 0.25) is 0 Å². The molecule has 1 amide bonds. The molecule has 0 aliphatic carbocycles. The smallest absolute Gasteiger partial charge is 0.258 e. The molecule has 0 saturated carbocycles. The molecule has 2 aromatic heterocycles. The van der Waals surface area contributed by atoms with Crippen molar-refractivity contribution in [1.29, 1.82) is 0 Å². The fourth-order valence-electron chi connectivity index (χ4n) is 2.32. The average Bonchev–Trinajstić information content (AvgIpc) is 3.04. The van der Waals surface area contributed by atoms with Crippen molar-refractivity contribution in [3.63, 3.8) is 0 Å². The number of ether oxygens (including phenoxy) is 2. The zero-order valence-electron chi connectivity index (χ0n) is 13.7. The third-order valence-corrected chi connectivity index (χ3v) is 4.29. The van der Waals surface area contributed by atoms with E-state index in [-0.39, 0.29) is 18.0 Å². The Morgan fingerprint density at radius 2 is 2.12 bits per heavy atom. The number of methoxy groups -OCH3 is 2. The van der Waals surface area contributed by atoms with Gasteiger partial charge in [-0.2, -0.15) is 0 Å². The van der Waals surface area contributed by atoms with Gasteiger partial charge in [-0.25, -0.2) is 0 Å². The molecule has 130 valence electrons. The number of aromatic nitrogens is 3. The number of hydrogen-bond acceptors (Lipinski definition) is 7. The van der Waals surface area contributed by atoms with E-state index in [0.29, 0.717) is 27.9 Å². The normalized spacial score (nSPS) is 10.8. The Balaban J connectivity index is 1.76. The van der Waals surface area contributed by atoms with Gasteiger partial charge < -0.3 is 14.0 Å². The molecule has 0 spiro atoms. The predicted octanol–water partition coefficient (Wildman–Crippen LogP) is 1.65. The zero-order chi connectivity index (χ0) is 17.8. The van der Waals surface area contributed by atoms with Crippen molar-refractivity contribution < 1.29 is 14.3 Å². The lowest BCUT2D eigenvalue weighted by atomic mass is 10.1. The average molecular weight is 360 g/mol. The lowest BCUT2D eigenvalue weighted by Crippen LogP contribution is -2.27. The number of pyridine rings is 1. The number of benzene rings is 1. The molecule has 1 N–H and O–H groups in total. The highest BCUT2D eigenvalue weighted by molar-refractivity contribution is 7.15. The highest BCUT2D eigenvalue weighted by atomic mass is 32.1. The molecular formula is C16H16N4O4S.